The zero-order chi connectivity index (χ0) is 30.3. The molecule has 0 spiro atoms. The Morgan fingerprint density at radius 3 is 2.23 bits per heavy atom. The molecule has 40 heavy (non-hydrogen) atoms. The summed E-state index contributed by atoms with van der Waals surface area (Å²) in [6.45, 7) is 13.7. The third-order valence-corrected chi connectivity index (χ3v) is 10.6. The number of aromatic hydroxyl groups is 1. The second-order valence-electron chi connectivity index (χ2n) is 13.9. The van der Waals surface area contributed by atoms with Crippen molar-refractivity contribution in [1.82, 2.24) is 0 Å². The fourth-order valence-electron chi connectivity index (χ4n) is 8.57. The van der Waals surface area contributed by atoms with E-state index >= 15 is 0 Å². The Hall–Kier alpha value is -2.71. The van der Waals surface area contributed by atoms with Gasteiger partial charge in [-0.2, -0.15) is 0 Å². The molecule has 0 bridgehead atoms. The first kappa shape index (κ1) is 30.3. The first-order valence-corrected chi connectivity index (χ1v) is 14.3. The van der Waals surface area contributed by atoms with Gasteiger partial charge in [0.05, 0.1) is 17.6 Å². The smallest absolute Gasteiger partial charge is 0.191 e. The van der Waals surface area contributed by atoms with Gasteiger partial charge in [-0.3, -0.25) is 24.0 Å². The average Bonchev–Trinajstić information content (AvgIpc) is 2.84. The van der Waals surface area contributed by atoms with Gasteiger partial charge in [0.25, 0.3) is 0 Å². The highest BCUT2D eigenvalue weighted by Gasteiger charge is 2.80. The Balaban J connectivity index is 1.96. The predicted molar refractivity (Wildman–Crippen MR) is 147 cm³/mol. The molecular weight excluding hydrogens is 512 g/mol. The minimum atomic E-state index is -2.97. The van der Waals surface area contributed by atoms with Gasteiger partial charge in [0.15, 0.2) is 34.5 Å². The lowest BCUT2D eigenvalue weighted by atomic mass is 9.37. The predicted octanol–water partition coefficient (Wildman–Crippen LogP) is 3.82. The highest BCUT2D eigenvalue weighted by molar-refractivity contribution is 6.33. The molecule has 0 aliphatic heterocycles. The highest BCUT2D eigenvalue weighted by atomic mass is 16.3. The molecule has 0 heterocycles. The number of hydrogen-bond donors (Lipinski definition) is 3. The SMILES string of the molecule is CCCC(C)(C)CC(=O)C1C(=O)C(C(C)C)[C@@]2(C)[C@H](O)[C@]3(C)C(C(=O)c4c(O)cccc4[C@H]3C)C(=O)[C@@]2(O)C1=O. The number of carbonyl (C=O) groups excluding carboxylic acids is 5. The van der Waals surface area contributed by atoms with Crippen molar-refractivity contribution in [2.45, 2.75) is 92.3 Å². The molecule has 218 valence electrons. The van der Waals surface area contributed by atoms with E-state index in [1.165, 1.54) is 13.0 Å². The van der Waals surface area contributed by atoms with Gasteiger partial charge in [0, 0.05) is 23.2 Å². The van der Waals surface area contributed by atoms with Gasteiger partial charge >= 0.3 is 0 Å². The lowest BCUT2D eigenvalue weighted by molar-refractivity contribution is -0.240. The van der Waals surface area contributed by atoms with Crippen molar-refractivity contribution in [3.05, 3.63) is 29.3 Å². The standard InChI is InChI=1S/C32H42O8/c1-9-13-29(5,6)14-19(34)21-25(36)22(15(2)3)31(8)28(39)30(7)16(4)17-11-10-12-18(33)20(17)24(35)23(30)27(38)32(31,40)26(21)37/h10-12,15-16,21-23,28,33,39-40H,9,13-14H2,1-8H3/t16-,21?,22?,23?,28-,30+,31+,32+/m1/s1. The van der Waals surface area contributed by atoms with Crippen LogP contribution in [0.15, 0.2) is 18.2 Å². The van der Waals surface area contributed by atoms with Crippen LogP contribution in [0.4, 0.5) is 0 Å². The maximum absolute atomic E-state index is 14.5. The fraction of sp³-hybridized carbons (Fsp3) is 0.656. The van der Waals surface area contributed by atoms with E-state index in [0.29, 0.717) is 12.0 Å². The molecule has 3 aliphatic rings. The molecular formula is C32H42O8. The number of hydrogen-bond acceptors (Lipinski definition) is 8. The van der Waals surface area contributed by atoms with E-state index in [2.05, 4.69) is 0 Å². The van der Waals surface area contributed by atoms with E-state index in [1.807, 2.05) is 20.8 Å². The number of rotatable bonds is 6. The lowest BCUT2D eigenvalue weighted by Gasteiger charge is -2.65. The summed E-state index contributed by atoms with van der Waals surface area (Å²) < 4.78 is 0. The quantitative estimate of drug-likeness (QED) is 0.450. The second-order valence-corrected chi connectivity index (χ2v) is 13.9. The van der Waals surface area contributed by atoms with Crippen LogP contribution in [0.3, 0.4) is 0 Å². The third-order valence-electron chi connectivity index (χ3n) is 10.6. The fourth-order valence-corrected chi connectivity index (χ4v) is 8.57. The van der Waals surface area contributed by atoms with E-state index in [-0.39, 0.29) is 17.7 Å². The van der Waals surface area contributed by atoms with E-state index in [1.54, 1.807) is 39.8 Å². The molecule has 2 fully saturated rings. The number of carbonyl (C=O) groups is 5. The summed E-state index contributed by atoms with van der Waals surface area (Å²) in [7, 11) is 0. The van der Waals surface area contributed by atoms with Gasteiger partial charge in [-0.25, -0.2) is 0 Å². The number of Topliss-reactive ketones (excluding diaryl/α,β-unsaturated/α-hetero) is 5. The van der Waals surface area contributed by atoms with Crippen molar-refractivity contribution >= 4 is 28.9 Å². The van der Waals surface area contributed by atoms with Crippen LogP contribution in [0.5, 0.6) is 5.75 Å². The summed E-state index contributed by atoms with van der Waals surface area (Å²) in [5.41, 5.74) is -6.65. The number of ketones is 5. The van der Waals surface area contributed by atoms with Gasteiger partial charge < -0.3 is 15.3 Å². The Morgan fingerprint density at radius 1 is 1.07 bits per heavy atom. The lowest BCUT2D eigenvalue weighted by Crippen LogP contribution is -2.82. The minimum Gasteiger partial charge on any atom is -0.507 e. The van der Waals surface area contributed by atoms with Crippen LogP contribution >= 0.6 is 0 Å². The van der Waals surface area contributed by atoms with Gasteiger partial charge in [-0.05, 0) is 35.3 Å². The molecule has 0 saturated heterocycles. The van der Waals surface area contributed by atoms with Crippen LogP contribution in [0.25, 0.3) is 0 Å². The number of fused-ring (bicyclic) bond motifs is 3. The first-order valence-electron chi connectivity index (χ1n) is 14.3. The largest absolute Gasteiger partial charge is 0.507 e. The summed E-state index contributed by atoms with van der Waals surface area (Å²) in [5, 5.41) is 35.1. The van der Waals surface area contributed by atoms with Crippen LogP contribution in [0.1, 0.15) is 96.5 Å². The van der Waals surface area contributed by atoms with Gasteiger partial charge in [0.1, 0.15) is 11.7 Å². The topological polar surface area (TPSA) is 146 Å². The van der Waals surface area contributed by atoms with Crippen LogP contribution < -0.4 is 0 Å². The summed E-state index contributed by atoms with van der Waals surface area (Å²) >= 11 is 0. The van der Waals surface area contributed by atoms with Crippen LogP contribution in [0, 0.1) is 39.9 Å². The molecule has 0 aromatic heterocycles. The van der Waals surface area contributed by atoms with Crippen molar-refractivity contribution in [1.29, 1.82) is 0 Å². The molecule has 2 saturated carbocycles. The monoisotopic (exact) mass is 554 g/mol. The minimum absolute atomic E-state index is 0.0843. The van der Waals surface area contributed by atoms with Gasteiger partial charge in [0.2, 0.25) is 0 Å². The first-order chi connectivity index (χ1) is 18.3. The summed E-state index contributed by atoms with van der Waals surface area (Å²) in [4.78, 5) is 70.3. The Labute approximate surface area is 235 Å². The molecule has 4 rings (SSSR count). The van der Waals surface area contributed by atoms with Gasteiger partial charge in [-0.1, -0.05) is 73.9 Å². The van der Waals surface area contributed by atoms with Crippen molar-refractivity contribution in [2.75, 3.05) is 0 Å². The molecule has 0 radical (unpaired) electrons. The number of phenolic OH excluding ortho intramolecular Hbond substituents is 1. The van der Waals surface area contributed by atoms with Crippen LogP contribution in [-0.2, 0) is 19.2 Å². The highest BCUT2D eigenvalue weighted by Crippen LogP contribution is 2.66. The molecule has 8 nitrogen and oxygen atoms in total. The molecule has 3 N–H and O–H groups in total. The molecule has 0 amide bonds. The van der Waals surface area contributed by atoms with Crippen molar-refractivity contribution in [3.8, 4) is 5.75 Å². The van der Waals surface area contributed by atoms with Crippen LogP contribution in [0.2, 0.25) is 0 Å². The second kappa shape index (κ2) is 9.41. The van der Waals surface area contributed by atoms with Crippen molar-refractivity contribution in [2.24, 2.45) is 39.9 Å². The maximum atomic E-state index is 14.5. The van der Waals surface area contributed by atoms with Crippen LogP contribution in [-0.4, -0.2) is 55.9 Å². The van der Waals surface area contributed by atoms with E-state index in [4.69, 9.17) is 0 Å². The molecule has 8 atom stereocenters. The number of aliphatic hydroxyl groups excluding tert-OH is 1. The maximum Gasteiger partial charge on any atom is 0.191 e. The summed E-state index contributed by atoms with van der Waals surface area (Å²) in [6, 6.07) is 4.53. The molecule has 3 unspecified atom stereocenters. The number of benzene rings is 1. The van der Waals surface area contributed by atoms with Gasteiger partial charge in [-0.15, -0.1) is 0 Å². The number of phenols is 1. The molecule has 8 heteroatoms. The Morgan fingerprint density at radius 2 is 1.68 bits per heavy atom. The third kappa shape index (κ3) is 3.60. The van der Waals surface area contributed by atoms with E-state index < -0.39 is 86.5 Å². The van der Waals surface area contributed by atoms with E-state index in [0.717, 1.165) is 6.42 Å². The molecule has 1 aromatic carbocycles. The number of aliphatic hydroxyl groups is 2. The van der Waals surface area contributed by atoms with E-state index in [9.17, 15) is 39.3 Å². The van der Waals surface area contributed by atoms with Crippen molar-refractivity contribution in [3.63, 3.8) is 0 Å². The zero-order valence-electron chi connectivity index (χ0n) is 24.7. The Bertz CT molecular complexity index is 1310. The normalized spacial score (nSPS) is 37.7. The molecule has 3 aliphatic carbocycles. The zero-order valence-corrected chi connectivity index (χ0v) is 24.7. The average molecular weight is 555 g/mol. The summed E-state index contributed by atoms with van der Waals surface area (Å²) in [5.74, 6) is -10.9. The summed E-state index contributed by atoms with van der Waals surface area (Å²) in [6.07, 6.45) is -0.315. The Kier molecular flexibility index (Phi) is 7.12. The molecule has 1 aromatic rings. The van der Waals surface area contributed by atoms with Crippen molar-refractivity contribution < 1.29 is 39.3 Å².